The largest absolute Gasteiger partial charge is 0.257 e. The van der Waals surface area contributed by atoms with Gasteiger partial charge in [0.25, 0.3) is 0 Å². The standard InChI is InChI=1S/C16H19N/c1-2-4-15(5-3-1)17-16-13-7-11-6-12(9-13)10-14(16)8-11/h1-5,11-14H,6-10H2. The molecule has 17 heavy (non-hydrogen) atoms. The normalized spacial score (nSPS) is 38.5. The van der Waals surface area contributed by atoms with Crippen molar-refractivity contribution in [2.24, 2.45) is 28.7 Å². The van der Waals surface area contributed by atoms with E-state index >= 15 is 0 Å². The summed E-state index contributed by atoms with van der Waals surface area (Å²) in [5.74, 6) is 3.72. The third-order valence-corrected chi connectivity index (χ3v) is 4.99. The molecule has 1 heteroatoms. The molecule has 0 unspecified atom stereocenters. The topological polar surface area (TPSA) is 12.4 Å². The van der Waals surface area contributed by atoms with Crippen LogP contribution in [0.4, 0.5) is 5.69 Å². The first-order valence-electron chi connectivity index (χ1n) is 7.02. The van der Waals surface area contributed by atoms with Crippen molar-refractivity contribution in [2.45, 2.75) is 32.1 Å². The van der Waals surface area contributed by atoms with Crippen LogP contribution in [0.2, 0.25) is 0 Å². The molecular weight excluding hydrogens is 206 g/mol. The highest BCUT2D eigenvalue weighted by Crippen LogP contribution is 2.52. The van der Waals surface area contributed by atoms with Gasteiger partial charge in [0.15, 0.2) is 0 Å². The average Bonchev–Trinajstić information content (AvgIpc) is 2.34. The molecule has 4 bridgehead atoms. The van der Waals surface area contributed by atoms with Crippen molar-refractivity contribution in [1.29, 1.82) is 0 Å². The molecule has 0 radical (unpaired) electrons. The van der Waals surface area contributed by atoms with Crippen molar-refractivity contribution < 1.29 is 0 Å². The SMILES string of the molecule is c1ccc(N=C2C3CC4CC(C3)CC2C4)cc1. The van der Waals surface area contributed by atoms with Gasteiger partial charge in [0.2, 0.25) is 0 Å². The minimum absolute atomic E-state index is 0.825. The summed E-state index contributed by atoms with van der Waals surface area (Å²) in [4.78, 5) is 4.97. The van der Waals surface area contributed by atoms with E-state index in [1.807, 2.05) is 0 Å². The molecule has 1 aromatic rings. The van der Waals surface area contributed by atoms with Gasteiger partial charge in [-0.3, -0.25) is 4.99 Å². The first-order chi connectivity index (χ1) is 8.38. The molecule has 0 saturated heterocycles. The fourth-order valence-corrected chi connectivity index (χ4v) is 4.50. The molecule has 0 aliphatic heterocycles. The van der Waals surface area contributed by atoms with Crippen LogP contribution in [0.5, 0.6) is 0 Å². The van der Waals surface area contributed by atoms with Gasteiger partial charge in [-0.25, -0.2) is 0 Å². The monoisotopic (exact) mass is 225 g/mol. The summed E-state index contributed by atoms with van der Waals surface area (Å²) >= 11 is 0. The van der Waals surface area contributed by atoms with Crippen LogP contribution in [-0.2, 0) is 0 Å². The first-order valence-corrected chi connectivity index (χ1v) is 7.02. The summed E-state index contributed by atoms with van der Waals surface area (Å²) in [6.45, 7) is 0. The average molecular weight is 225 g/mol. The number of nitrogens with zero attached hydrogens (tertiary/aromatic N) is 1. The maximum atomic E-state index is 4.97. The van der Waals surface area contributed by atoms with Crippen LogP contribution >= 0.6 is 0 Å². The number of hydrogen-bond donors (Lipinski definition) is 0. The van der Waals surface area contributed by atoms with E-state index in [1.54, 1.807) is 5.71 Å². The van der Waals surface area contributed by atoms with Gasteiger partial charge in [-0.05, 0) is 67.9 Å². The predicted octanol–water partition coefficient (Wildman–Crippen LogP) is 4.22. The lowest BCUT2D eigenvalue weighted by Gasteiger charge is -2.50. The summed E-state index contributed by atoms with van der Waals surface area (Å²) < 4.78 is 0. The molecule has 4 aliphatic rings. The molecule has 1 aromatic carbocycles. The van der Waals surface area contributed by atoms with Gasteiger partial charge in [-0.1, -0.05) is 18.2 Å². The van der Waals surface area contributed by atoms with Crippen LogP contribution < -0.4 is 0 Å². The third kappa shape index (κ3) is 1.64. The maximum Gasteiger partial charge on any atom is 0.0629 e. The molecule has 1 nitrogen and oxygen atoms in total. The van der Waals surface area contributed by atoms with Gasteiger partial charge >= 0.3 is 0 Å². The Kier molecular flexibility index (Phi) is 2.14. The minimum Gasteiger partial charge on any atom is -0.257 e. The number of benzene rings is 1. The minimum atomic E-state index is 0.825. The van der Waals surface area contributed by atoms with E-state index in [-0.39, 0.29) is 0 Å². The van der Waals surface area contributed by atoms with E-state index in [0.717, 1.165) is 29.4 Å². The molecule has 5 rings (SSSR count). The van der Waals surface area contributed by atoms with Crippen LogP contribution in [0.3, 0.4) is 0 Å². The quantitative estimate of drug-likeness (QED) is 0.678. The molecule has 88 valence electrons. The Morgan fingerprint density at radius 2 is 1.35 bits per heavy atom. The molecule has 0 N–H and O–H groups in total. The highest BCUT2D eigenvalue weighted by Gasteiger charge is 2.46. The molecule has 0 aromatic heterocycles. The second kappa shape index (κ2) is 3.69. The Labute approximate surface area is 103 Å². The van der Waals surface area contributed by atoms with Crippen molar-refractivity contribution >= 4 is 11.4 Å². The fourth-order valence-electron chi connectivity index (χ4n) is 4.50. The van der Waals surface area contributed by atoms with Crippen LogP contribution in [0.25, 0.3) is 0 Å². The van der Waals surface area contributed by atoms with Crippen molar-refractivity contribution in [3.05, 3.63) is 30.3 Å². The Bertz CT molecular complexity index is 416. The second-order valence-electron chi connectivity index (χ2n) is 6.18. The van der Waals surface area contributed by atoms with Crippen molar-refractivity contribution in [1.82, 2.24) is 0 Å². The maximum absolute atomic E-state index is 4.97. The zero-order chi connectivity index (χ0) is 11.2. The second-order valence-corrected chi connectivity index (χ2v) is 6.18. The molecule has 4 aliphatic carbocycles. The Morgan fingerprint density at radius 1 is 0.765 bits per heavy atom. The molecule has 0 amide bonds. The summed E-state index contributed by atoms with van der Waals surface area (Å²) in [5.41, 5.74) is 2.71. The van der Waals surface area contributed by atoms with E-state index in [0.29, 0.717) is 0 Å². The predicted molar refractivity (Wildman–Crippen MR) is 70.6 cm³/mol. The fraction of sp³-hybridized carbons (Fsp3) is 0.562. The third-order valence-electron chi connectivity index (χ3n) is 4.99. The van der Waals surface area contributed by atoms with Crippen LogP contribution in [0.1, 0.15) is 32.1 Å². The lowest BCUT2D eigenvalue weighted by atomic mass is 9.55. The van der Waals surface area contributed by atoms with Gasteiger partial charge < -0.3 is 0 Å². The van der Waals surface area contributed by atoms with Crippen LogP contribution in [0.15, 0.2) is 35.3 Å². The van der Waals surface area contributed by atoms with E-state index in [1.165, 1.54) is 32.1 Å². The highest BCUT2D eigenvalue weighted by atomic mass is 14.8. The summed E-state index contributed by atoms with van der Waals surface area (Å²) in [6.07, 6.45) is 7.24. The van der Waals surface area contributed by atoms with Crippen LogP contribution in [-0.4, -0.2) is 5.71 Å². The summed E-state index contributed by atoms with van der Waals surface area (Å²) in [6, 6.07) is 10.5. The molecular formula is C16H19N. The van der Waals surface area contributed by atoms with E-state index in [9.17, 15) is 0 Å². The molecule has 4 saturated carbocycles. The van der Waals surface area contributed by atoms with E-state index in [2.05, 4.69) is 30.3 Å². The summed E-state index contributed by atoms with van der Waals surface area (Å²) in [7, 11) is 0. The Balaban J connectivity index is 1.68. The van der Waals surface area contributed by atoms with Crippen molar-refractivity contribution in [3.63, 3.8) is 0 Å². The van der Waals surface area contributed by atoms with Gasteiger partial charge in [-0.2, -0.15) is 0 Å². The number of para-hydroxylation sites is 1. The van der Waals surface area contributed by atoms with Gasteiger partial charge in [-0.15, -0.1) is 0 Å². The Hall–Kier alpha value is -1.11. The van der Waals surface area contributed by atoms with Crippen molar-refractivity contribution in [3.8, 4) is 0 Å². The van der Waals surface area contributed by atoms with Gasteiger partial charge in [0.05, 0.1) is 5.69 Å². The zero-order valence-corrected chi connectivity index (χ0v) is 10.2. The smallest absolute Gasteiger partial charge is 0.0629 e. The molecule has 0 heterocycles. The number of aliphatic imine (C=N–C) groups is 1. The highest BCUT2D eigenvalue weighted by molar-refractivity contribution is 5.92. The van der Waals surface area contributed by atoms with E-state index in [4.69, 9.17) is 4.99 Å². The number of rotatable bonds is 1. The van der Waals surface area contributed by atoms with Gasteiger partial charge in [0.1, 0.15) is 0 Å². The lowest BCUT2D eigenvalue weighted by Crippen LogP contribution is -2.45. The number of hydrogen-bond acceptors (Lipinski definition) is 1. The first kappa shape index (κ1) is 9.87. The van der Waals surface area contributed by atoms with Gasteiger partial charge in [0, 0.05) is 5.71 Å². The van der Waals surface area contributed by atoms with Crippen LogP contribution in [0, 0.1) is 23.7 Å². The zero-order valence-electron chi connectivity index (χ0n) is 10.2. The molecule has 0 spiro atoms. The lowest BCUT2D eigenvalue weighted by molar-refractivity contribution is 0.109. The van der Waals surface area contributed by atoms with Crippen molar-refractivity contribution in [2.75, 3.05) is 0 Å². The van der Waals surface area contributed by atoms with E-state index < -0.39 is 0 Å². The molecule has 4 fully saturated rings. The molecule has 0 atom stereocenters. The Morgan fingerprint density at radius 3 is 1.94 bits per heavy atom. The summed E-state index contributed by atoms with van der Waals surface area (Å²) in [5, 5.41) is 0.